The second kappa shape index (κ2) is 5.26. The summed E-state index contributed by atoms with van der Waals surface area (Å²) < 4.78 is 4.87. The van der Waals surface area contributed by atoms with Crippen LogP contribution in [0.1, 0.15) is 5.69 Å². The van der Waals surface area contributed by atoms with E-state index in [-0.39, 0.29) is 12.5 Å². The third-order valence-corrected chi connectivity index (χ3v) is 1.90. The number of rotatable bonds is 4. The minimum atomic E-state index is -0.132. The fourth-order valence-electron chi connectivity index (χ4n) is 1.03. The van der Waals surface area contributed by atoms with Gasteiger partial charge in [0.25, 0.3) is 0 Å². The zero-order valence-electron chi connectivity index (χ0n) is 8.80. The second-order valence-electron chi connectivity index (χ2n) is 3.02. The molecule has 0 fully saturated rings. The molecule has 82 valence electrons. The van der Waals surface area contributed by atoms with E-state index in [1.54, 1.807) is 19.2 Å². The summed E-state index contributed by atoms with van der Waals surface area (Å²) in [7, 11) is 3.19. The molecule has 15 heavy (non-hydrogen) atoms. The van der Waals surface area contributed by atoms with Crippen LogP contribution in [-0.2, 0) is 11.3 Å². The number of ether oxygens (including phenoxy) is 1. The van der Waals surface area contributed by atoms with Crippen molar-refractivity contribution in [2.24, 2.45) is 5.73 Å². The molecule has 0 spiro atoms. The number of aromatic nitrogens is 2. The molecule has 0 radical (unpaired) electrons. The van der Waals surface area contributed by atoms with Gasteiger partial charge in [-0.15, -0.1) is 5.10 Å². The average Bonchev–Trinajstić information content (AvgIpc) is 2.29. The Kier molecular flexibility index (Phi) is 3.99. The first-order valence-corrected chi connectivity index (χ1v) is 4.48. The van der Waals surface area contributed by atoms with Crippen molar-refractivity contribution in [1.82, 2.24) is 15.1 Å². The number of nitrogens with two attached hydrogens (primary N) is 1. The Morgan fingerprint density at radius 1 is 1.53 bits per heavy atom. The first-order chi connectivity index (χ1) is 7.17. The Morgan fingerprint density at radius 2 is 2.27 bits per heavy atom. The quantitative estimate of drug-likeness (QED) is 0.717. The number of methoxy groups -OCH3 is 1. The number of nitrogens with zero attached hydrogens (tertiary/aromatic N) is 3. The summed E-state index contributed by atoms with van der Waals surface area (Å²) in [6.45, 7) is 0.396. The summed E-state index contributed by atoms with van der Waals surface area (Å²) in [5.74, 6) is 0.319. The highest BCUT2D eigenvalue weighted by Crippen LogP contribution is 2.05. The van der Waals surface area contributed by atoms with Gasteiger partial charge in [0.1, 0.15) is 0 Å². The minimum Gasteiger partial charge on any atom is -0.480 e. The Bertz CT molecular complexity index is 325. The second-order valence-corrected chi connectivity index (χ2v) is 3.02. The molecule has 1 aromatic heterocycles. The lowest BCUT2D eigenvalue weighted by Gasteiger charge is -2.14. The zero-order chi connectivity index (χ0) is 11.3. The van der Waals surface area contributed by atoms with E-state index in [2.05, 4.69) is 10.2 Å². The molecule has 0 aliphatic rings. The third kappa shape index (κ3) is 3.17. The third-order valence-electron chi connectivity index (χ3n) is 1.90. The highest BCUT2D eigenvalue weighted by atomic mass is 16.5. The highest BCUT2D eigenvalue weighted by molar-refractivity contribution is 5.77. The lowest BCUT2D eigenvalue weighted by Crippen LogP contribution is -2.32. The van der Waals surface area contributed by atoms with Crippen LogP contribution in [0.15, 0.2) is 12.1 Å². The largest absolute Gasteiger partial charge is 0.480 e. The number of likely N-dealkylation sites (N-methyl/N-ethyl adjacent to an activating group) is 1. The van der Waals surface area contributed by atoms with Crippen LogP contribution in [0, 0.1) is 0 Å². The fraction of sp³-hybridized carbons (Fsp3) is 0.444. The molecule has 1 rings (SSSR count). The van der Waals surface area contributed by atoms with Gasteiger partial charge in [-0.25, -0.2) is 0 Å². The van der Waals surface area contributed by atoms with Gasteiger partial charge in [-0.3, -0.25) is 4.79 Å². The number of hydrogen-bond acceptors (Lipinski definition) is 5. The predicted octanol–water partition coefficient (Wildman–Crippen LogP) is -0.598. The topological polar surface area (TPSA) is 81.3 Å². The van der Waals surface area contributed by atoms with Crippen molar-refractivity contribution in [1.29, 1.82) is 0 Å². The number of amides is 1. The Hall–Kier alpha value is -1.69. The van der Waals surface area contributed by atoms with Crippen molar-refractivity contribution in [3.05, 3.63) is 17.8 Å². The number of carbonyl (C=O) groups excluding carboxylic acids is 1. The summed E-state index contributed by atoms with van der Waals surface area (Å²) in [6, 6.07) is 3.45. The maximum absolute atomic E-state index is 11.2. The van der Waals surface area contributed by atoms with Crippen LogP contribution in [0.5, 0.6) is 5.88 Å². The predicted molar refractivity (Wildman–Crippen MR) is 54.1 cm³/mol. The van der Waals surface area contributed by atoms with Crippen LogP contribution in [0.25, 0.3) is 0 Å². The van der Waals surface area contributed by atoms with Crippen molar-refractivity contribution >= 4 is 5.91 Å². The molecule has 6 nitrogen and oxygen atoms in total. The van der Waals surface area contributed by atoms with Crippen LogP contribution < -0.4 is 10.5 Å². The molecule has 1 heterocycles. The van der Waals surface area contributed by atoms with E-state index >= 15 is 0 Å². The Labute approximate surface area is 88.0 Å². The maximum atomic E-state index is 11.2. The molecule has 0 unspecified atom stereocenters. The molecule has 1 amide bonds. The zero-order valence-corrected chi connectivity index (χ0v) is 8.80. The molecule has 0 atom stereocenters. The normalized spacial score (nSPS) is 9.80. The molecule has 2 N–H and O–H groups in total. The summed E-state index contributed by atoms with van der Waals surface area (Å²) in [4.78, 5) is 12.7. The van der Waals surface area contributed by atoms with Crippen LogP contribution in [-0.4, -0.2) is 41.7 Å². The molecular formula is C9H14N4O2. The molecule has 0 aliphatic carbocycles. The summed E-state index contributed by atoms with van der Waals surface area (Å²) in [5, 5.41) is 7.69. The lowest BCUT2D eigenvalue weighted by molar-refractivity contribution is -0.128. The van der Waals surface area contributed by atoms with E-state index in [0.717, 1.165) is 0 Å². The SMILES string of the molecule is COc1ccc(CN(C)C(=O)CN)nn1. The van der Waals surface area contributed by atoms with Crippen LogP contribution in [0.4, 0.5) is 0 Å². The van der Waals surface area contributed by atoms with Gasteiger partial charge in [0.15, 0.2) is 0 Å². The number of carbonyl (C=O) groups is 1. The summed E-state index contributed by atoms with van der Waals surface area (Å²) in [6.07, 6.45) is 0. The van der Waals surface area contributed by atoms with Gasteiger partial charge in [0.05, 0.1) is 25.9 Å². The van der Waals surface area contributed by atoms with Gasteiger partial charge < -0.3 is 15.4 Å². The van der Waals surface area contributed by atoms with E-state index in [1.807, 2.05) is 0 Å². The number of hydrogen-bond donors (Lipinski definition) is 1. The van der Waals surface area contributed by atoms with E-state index in [1.165, 1.54) is 12.0 Å². The molecular weight excluding hydrogens is 196 g/mol. The van der Waals surface area contributed by atoms with Crippen LogP contribution in [0.2, 0.25) is 0 Å². The van der Waals surface area contributed by atoms with Gasteiger partial charge in [0, 0.05) is 13.1 Å². The van der Waals surface area contributed by atoms with Crippen molar-refractivity contribution in [2.75, 3.05) is 20.7 Å². The van der Waals surface area contributed by atoms with Crippen LogP contribution >= 0.6 is 0 Å². The molecule has 0 aromatic carbocycles. The monoisotopic (exact) mass is 210 g/mol. The fourth-order valence-corrected chi connectivity index (χ4v) is 1.03. The van der Waals surface area contributed by atoms with Gasteiger partial charge in [-0.1, -0.05) is 0 Å². The van der Waals surface area contributed by atoms with Gasteiger partial charge in [-0.05, 0) is 6.07 Å². The highest BCUT2D eigenvalue weighted by Gasteiger charge is 2.07. The van der Waals surface area contributed by atoms with Crippen molar-refractivity contribution in [3.63, 3.8) is 0 Å². The van der Waals surface area contributed by atoms with Gasteiger partial charge in [0.2, 0.25) is 11.8 Å². The summed E-state index contributed by atoms with van der Waals surface area (Å²) in [5.41, 5.74) is 5.92. The molecule has 0 aliphatic heterocycles. The average molecular weight is 210 g/mol. The lowest BCUT2D eigenvalue weighted by atomic mass is 10.3. The molecule has 1 aromatic rings. The van der Waals surface area contributed by atoms with Gasteiger partial charge in [-0.2, -0.15) is 5.10 Å². The first kappa shape index (κ1) is 11.4. The first-order valence-electron chi connectivity index (χ1n) is 4.48. The molecule has 6 heteroatoms. The summed E-state index contributed by atoms with van der Waals surface area (Å²) >= 11 is 0. The molecule has 0 saturated carbocycles. The van der Waals surface area contributed by atoms with E-state index in [0.29, 0.717) is 18.1 Å². The minimum absolute atomic E-state index is 0.0000826. The maximum Gasteiger partial charge on any atom is 0.236 e. The molecule has 0 bridgehead atoms. The Balaban J connectivity index is 2.60. The smallest absolute Gasteiger partial charge is 0.236 e. The van der Waals surface area contributed by atoms with E-state index < -0.39 is 0 Å². The van der Waals surface area contributed by atoms with E-state index in [9.17, 15) is 4.79 Å². The van der Waals surface area contributed by atoms with Gasteiger partial charge >= 0.3 is 0 Å². The molecule has 0 saturated heterocycles. The van der Waals surface area contributed by atoms with Crippen molar-refractivity contribution in [3.8, 4) is 5.88 Å². The Morgan fingerprint density at radius 3 is 2.73 bits per heavy atom. The standard InChI is InChI=1S/C9H14N4O2/c1-13(9(14)5-10)6-7-3-4-8(15-2)12-11-7/h3-4H,5-6,10H2,1-2H3. The van der Waals surface area contributed by atoms with E-state index in [4.69, 9.17) is 10.5 Å². The van der Waals surface area contributed by atoms with Crippen molar-refractivity contribution in [2.45, 2.75) is 6.54 Å². The van der Waals surface area contributed by atoms with Crippen molar-refractivity contribution < 1.29 is 9.53 Å². The van der Waals surface area contributed by atoms with Crippen LogP contribution in [0.3, 0.4) is 0 Å².